The summed E-state index contributed by atoms with van der Waals surface area (Å²) in [6.07, 6.45) is 0. The van der Waals surface area contributed by atoms with E-state index in [1.807, 2.05) is 66.7 Å². The van der Waals surface area contributed by atoms with Gasteiger partial charge in [-0.2, -0.15) is 4.31 Å². The van der Waals surface area contributed by atoms with Crippen LogP contribution in [-0.2, 0) is 14.8 Å². The molecule has 1 amide bonds. The largest absolute Gasteiger partial charge is 0.379 e. The molecule has 5 aromatic rings. The van der Waals surface area contributed by atoms with Crippen LogP contribution in [-0.4, -0.2) is 49.9 Å². The normalized spacial score (nSPS) is 14.2. The number of hydrogen-bond donors (Lipinski definition) is 1. The first-order chi connectivity index (χ1) is 19.9. The topological polar surface area (TPSA) is 88.6 Å². The molecule has 0 bridgehead atoms. The molecule has 0 saturated carbocycles. The second kappa shape index (κ2) is 11.4. The zero-order chi connectivity index (χ0) is 28.4. The number of ether oxygens (including phenoxy) is 1. The van der Waals surface area contributed by atoms with Gasteiger partial charge in [-0.15, -0.1) is 0 Å². The van der Waals surface area contributed by atoms with E-state index in [2.05, 4.69) is 17.4 Å². The molecule has 9 heteroatoms. The Morgan fingerprint density at radius 2 is 1.46 bits per heavy atom. The standard InChI is InChI=1S/C32H26ClN3O4S/c33-28-15-14-25(20-31(28)41(38,39)36-16-18-40-19-17-36)34-32(37)27-21-30(35-29-9-5-4-8-26(27)29)24-12-10-23(11-13-24)22-6-2-1-3-7-22/h1-15,20-21H,16-19H2,(H,34,37). The minimum atomic E-state index is -3.86. The molecule has 0 unspecified atom stereocenters. The minimum Gasteiger partial charge on any atom is -0.379 e. The molecule has 4 aromatic carbocycles. The van der Waals surface area contributed by atoms with Gasteiger partial charge in [0.15, 0.2) is 0 Å². The highest BCUT2D eigenvalue weighted by molar-refractivity contribution is 7.89. The molecule has 6 rings (SSSR count). The molecule has 206 valence electrons. The molecule has 41 heavy (non-hydrogen) atoms. The van der Waals surface area contributed by atoms with Gasteiger partial charge in [0.05, 0.1) is 35.0 Å². The quantitative estimate of drug-likeness (QED) is 0.247. The number of para-hydroxylation sites is 1. The number of carbonyl (C=O) groups excluding carboxylic acids is 1. The van der Waals surface area contributed by atoms with Crippen molar-refractivity contribution in [3.05, 3.63) is 114 Å². The molecular weight excluding hydrogens is 558 g/mol. The second-order valence-electron chi connectivity index (χ2n) is 9.63. The van der Waals surface area contributed by atoms with Crippen LogP contribution >= 0.6 is 11.6 Å². The smallest absolute Gasteiger partial charge is 0.256 e. The lowest BCUT2D eigenvalue weighted by Crippen LogP contribution is -2.40. The first-order valence-corrected chi connectivity index (χ1v) is 15.0. The van der Waals surface area contributed by atoms with Gasteiger partial charge in [-0.25, -0.2) is 13.4 Å². The fourth-order valence-electron chi connectivity index (χ4n) is 4.88. The number of fused-ring (bicyclic) bond motifs is 1. The molecule has 2 heterocycles. The van der Waals surface area contributed by atoms with E-state index in [4.69, 9.17) is 21.3 Å². The predicted molar refractivity (Wildman–Crippen MR) is 162 cm³/mol. The van der Waals surface area contributed by atoms with Crippen LogP contribution in [0.4, 0.5) is 5.69 Å². The summed E-state index contributed by atoms with van der Waals surface area (Å²) in [6.45, 7) is 1.13. The van der Waals surface area contributed by atoms with E-state index in [1.165, 1.54) is 16.4 Å². The molecule has 0 atom stereocenters. The summed E-state index contributed by atoms with van der Waals surface area (Å²) in [4.78, 5) is 18.4. The van der Waals surface area contributed by atoms with Crippen LogP contribution in [0, 0.1) is 0 Å². The second-order valence-corrected chi connectivity index (χ2v) is 11.9. The summed E-state index contributed by atoms with van der Waals surface area (Å²) >= 11 is 6.31. The van der Waals surface area contributed by atoms with Crippen molar-refractivity contribution in [2.24, 2.45) is 0 Å². The Kier molecular flexibility index (Phi) is 7.55. The number of rotatable bonds is 6. The van der Waals surface area contributed by atoms with Gasteiger partial charge in [0.2, 0.25) is 10.0 Å². The number of halogens is 1. The Labute approximate surface area is 243 Å². The van der Waals surface area contributed by atoms with Crippen LogP contribution < -0.4 is 5.32 Å². The molecule has 0 spiro atoms. The predicted octanol–water partition coefficient (Wildman–Crippen LogP) is 6.50. The van der Waals surface area contributed by atoms with Crippen molar-refractivity contribution >= 4 is 44.1 Å². The molecule has 1 aliphatic rings. The number of pyridine rings is 1. The molecule has 1 saturated heterocycles. The van der Waals surface area contributed by atoms with Gasteiger partial charge in [0, 0.05) is 29.7 Å². The van der Waals surface area contributed by atoms with Crippen molar-refractivity contribution in [3.63, 3.8) is 0 Å². The zero-order valence-electron chi connectivity index (χ0n) is 22.0. The maximum Gasteiger partial charge on any atom is 0.256 e. The van der Waals surface area contributed by atoms with Crippen molar-refractivity contribution in [1.82, 2.24) is 9.29 Å². The lowest BCUT2D eigenvalue weighted by molar-refractivity contribution is 0.0730. The number of nitrogens with zero attached hydrogens (tertiary/aromatic N) is 2. The Morgan fingerprint density at radius 1 is 0.805 bits per heavy atom. The number of sulfonamides is 1. The first-order valence-electron chi connectivity index (χ1n) is 13.1. The molecule has 1 N–H and O–H groups in total. The summed E-state index contributed by atoms with van der Waals surface area (Å²) in [5, 5.41) is 3.64. The maximum atomic E-state index is 13.7. The first kappa shape index (κ1) is 27.1. The molecular formula is C32H26ClN3O4S. The third kappa shape index (κ3) is 5.60. The van der Waals surface area contributed by atoms with Gasteiger partial charge < -0.3 is 10.1 Å². The van der Waals surface area contributed by atoms with Gasteiger partial charge in [-0.1, -0.05) is 84.4 Å². The van der Waals surface area contributed by atoms with Crippen molar-refractivity contribution in [2.45, 2.75) is 4.90 Å². The monoisotopic (exact) mass is 583 g/mol. The third-order valence-corrected chi connectivity index (χ3v) is 9.41. The maximum absolute atomic E-state index is 13.7. The van der Waals surface area contributed by atoms with Gasteiger partial charge in [-0.05, 0) is 41.5 Å². The van der Waals surface area contributed by atoms with Gasteiger partial charge in [0.1, 0.15) is 4.90 Å². The summed E-state index contributed by atoms with van der Waals surface area (Å²) in [5.74, 6) is -0.386. The molecule has 1 aromatic heterocycles. The van der Waals surface area contributed by atoms with E-state index in [0.29, 0.717) is 41.1 Å². The number of aromatic nitrogens is 1. The molecule has 0 aliphatic carbocycles. The number of morpholine rings is 1. The van der Waals surface area contributed by atoms with E-state index in [9.17, 15) is 13.2 Å². The Hall–Kier alpha value is -4.08. The highest BCUT2D eigenvalue weighted by Gasteiger charge is 2.29. The van der Waals surface area contributed by atoms with Crippen molar-refractivity contribution in [2.75, 3.05) is 31.6 Å². The fraction of sp³-hybridized carbons (Fsp3) is 0.125. The van der Waals surface area contributed by atoms with E-state index in [0.717, 1.165) is 16.7 Å². The Morgan fingerprint density at radius 3 is 2.22 bits per heavy atom. The van der Waals surface area contributed by atoms with Crippen LogP contribution in [0.1, 0.15) is 10.4 Å². The van der Waals surface area contributed by atoms with E-state index in [-0.39, 0.29) is 28.9 Å². The number of amides is 1. The Bertz CT molecular complexity index is 1840. The molecule has 7 nitrogen and oxygen atoms in total. The number of carbonyl (C=O) groups is 1. The van der Waals surface area contributed by atoms with Crippen LogP contribution in [0.5, 0.6) is 0 Å². The highest BCUT2D eigenvalue weighted by Crippen LogP contribution is 2.31. The number of hydrogen-bond acceptors (Lipinski definition) is 5. The minimum absolute atomic E-state index is 0.0577. The van der Waals surface area contributed by atoms with Crippen molar-refractivity contribution < 1.29 is 17.9 Å². The van der Waals surface area contributed by atoms with Gasteiger partial charge in [-0.3, -0.25) is 4.79 Å². The van der Waals surface area contributed by atoms with Crippen molar-refractivity contribution in [1.29, 1.82) is 0 Å². The fourth-order valence-corrected chi connectivity index (χ4v) is 6.79. The van der Waals surface area contributed by atoms with Gasteiger partial charge >= 0.3 is 0 Å². The van der Waals surface area contributed by atoms with Gasteiger partial charge in [0.25, 0.3) is 5.91 Å². The summed E-state index contributed by atoms with van der Waals surface area (Å²) in [7, 11) is -3.86. The van der Waals surface area contributed by atoms with Crippen molar-refractivity contribution in [3.8, 4) is 22.4 Å². The molecule has 0 radical (unpaired) electrons. The number of anilines is 1. The zero-order valence-corrected chi connectivity index (χ0v) is 23.5. The summed E-state index contributed by atoms with van der Waals surface area (Å²) in [5.41, 5.74) is 5.14. The van der Waals surface area contributed by atoms with E-state index >= 15 is 0 Å². The lowest BCUT2D eigenvalue weighted by Gasteiger charge is -2.26. The van der Waals surface area contributed by atoms with E-state index < -0.39 is 10.0 Å². The SMILES string of the molecule is O=C(Nc1ccc(Cl)c(S(=O)(=O)N2CCOCC2)c1)c1cc(-c2ccc(-c3ccccc3)cc2)nc2ccccc12. The third-order valence-electron chi connectivity index (χ3n) is 7.03. The molecule has 1 fully saturated rings. The average Bonchev–Trinajstić information content (AvgIpc) is 3.02. The number of nitrogens with one attached hydrogen (secondary N) is 1. The molecule has 1 aliphatic heterocycles. The Balaban J connectivity index is 1.33. The lowest BCUT2D eigenvalue weighted by atomic mass is 10.0. The van der Waals surface area contributed by atoms with Crippen LogP contribution in [0.15, 0.2) is 108 Å². The summed E-state index contributed by atoms with van der Waals surface area (Å²) in [6, 6.07) is 31.8. The van der Waals surface area contributed by atoms with E-state index in [1.54, 1.807) is 12.1 Å². The average molecular weight is 584 g/mol. The van der Waals surface area contributed by atoms with Crippen LogP contribution in [0.25, 0.3) is 33.3 Å². The van der Waals surface area contributed by atoms with Crippen LogP contribution in [0.2, 0.25) is 5.02 Å². The summed E-state index contributed by atoms with van der Waals surface area (Å²) < 4.78 is 33.2. The van der Waals surface area contributed by atoms with Crippen LogP contribution in [0.3, 0.4) is 0 Å². The highest BCUT2D eigenvalue weighted by atomic mass is 35.5. The number of benzene rings is 4.